The minimum absolute atomic E-state index is 0.961. The first kappa shape index (κ1) is 12.8. The van der Waals surface area contributed by atoms with Crippen molar-refractivity contribution in [2.45, 2.75) is 11.8 Å². The van der Waals surface area contributed by atoms with Gasteiger partial charge in [-0.15, -0.1) is 11.8 Å². The highest BCUT2D eigenvalue weighted by Crippen LogP contribution is 2.35. The smallest absolute Gasteiger partial charge is 0.135 e. The van der Waals surface area contributed by atoms with E-state index in [1.807, 2.05) is 6.92 Å². The summed E-state index contributed by atoms with van der Waals surface area (Å²) in [6, 6.07) is 14.7. The average molecular weight is 333 g/mol. The largest absolute Gasteiger partial charge is 0.460 e. The SMILES string of the molecule is CSc1c(C)oc2ccc(-c3ccc(Br)cc3)cc12. The molecule has 0 saturated carbocycles. The summed E-state index contributed by atoms with van der Waals surface area (Å²) in [7, 11) is 0. The van der Waals surface area contributed by atoms with E-state index in [0.29, 0.717) is 0 Å². The van der Waals surface area contributed by atoms with Crippen molar-refractivity contribution in [3.63, 3.8) is 0 Å². The van der Waals surface area contributed by atoms with Gasteiger partial charge in [-0.1, -0.05) is 34.1 Å². The Morgan fingerprint density at radius 1 is 1.00 bits per heavy atom. The molecular formula is C16H13BrOS. The second-order valence-electron chi connectivity index (χ2n) is 4.41. The van der Waals surface area contributed by atoms with Crippen LogP contribution < -0.4 is 0 Å². The summed E-state index contributed by atoms with van der Waals surface area (Å²) >= 11 is 5.20. The van der Waals surface area contributed by atoms with Crippen molar-refractivity contribution in [1.82, 2.24) is 0 Å². The lowest BCUT2D eigenvalue weighted by Gasteiger charge is -2.02. The monoisotopic (exact) mass is 332 g/mol. The molecule has 0 aliphatic carbocycles. The summed E-state index contributed by atoms with van der Waals surface area (Å²) in [5.41, 5.74) is 3.40. The Morgan fingerprint density at radius 3 is 2.37 bits per heavy atom. The molecule has 3 heteroatoms. The standard InChI is InChI=1S/C16H13BrOS/c1-10-16(19-2)14-9-12(5-8-15(14)18-10)11-3-6-13(17)7-4-11/h3-9H,1-2H3. The van der Waals surface area contributed by atoms with Crippen LogP contribution in [0.15, 0.2) is 56.2 Å². The lowest BCUT2D eigenvalue weighted by molar-refractivity contribution is 0.568. The van der Waals surface area contributed by atoms with Gasteiger partial charge in [0.1, 0.15) is 11.3 Å². The highest BCUT2D eigenvalue weighted by molar-refractivity contribution is 9.10. The maximum atomic E-state index is 5.77. The van der Waals surface area contributed by atoms with E-state index in [2.05, 4.69) is 64.7 Å². The summed E-state index contributed by atoms with van der Waals surface area (Å²) in [6.07, 6.45) is 2.09. The Bertz CT molecular complexity index is 728. The zero-order chi connectivity index (χ0) is 13.4. The fraction of sp³-hybridized carbons (Fsp3) is 0.125. The highest BCUT2D eigenvalue weighted by atomic mass is 79.9. The van der Waals surface area contributed by atoms with E-state index in [0.717, 1.165) is 15.8 Å². The molecule has 3 rings (SSSR count). The van der Waals surface area contributed by atoms with Gasteiger partial charge in [0.2, 0.25) is 0 Å². The molecule has 0 saturated heterocycles. The predicted molar refractivity (Wildman–Crippen MR) is 85.9 cm³/mol. The van der Waals surface area contributed by atoms with Crippen LogP contribution >= 0.6 is 27.7 Å². The number of benzene rings is 2. The zero-order valence-corrected chi connectivity index (χ0v) is 13.1. The van der Waals surface area contributed by atoms with E-state index < -0.39 is 0 Å². The third kappa shape index (κ3) is 2.33. The Balaban J connectivity index is 2.17. The van der Waals surface area contributed by atoms with Gasteiger partial charge in [0.05, 0.1) is 4.90 Å². The Kier molecular flexibility index (Phi) is 3.42. The Hall–Kier alpha value is -1.19. The van der Waals surface area contributed by atoms with Gasteiger partial charge >= 0.3 is 0 Å². The van der Waals surface area contributed by atoms with Crippen LogP contribution in [0.2, 0.25) is 0 Å². The minimum Gasteiger partial charge on any atom is -0.460 e. The van der Waals surface area contributed by atoms with Crippen LogP contribution in [0.25, 0.3) is 22.1 Å². The lowest BCUT2D eigenvalue weighted by atomic mass is 10.0. The molecule has 0 bridgehead atoms. The van der Waals surface area contributed by atoms with Crippen molar-refractivity contribution >= 4 is 38.7 Å². The zero-order valence-electron chi connectivity index (χ0n) is 10.7. The molecule has 0 spiro atoms. The maximum absolute atomic E-state index is 5.77. The van der Waals surface area contributed by atoms with Crippen LogP contribution in [0, 0.1) is 6.92 Å². The molecule has 1 nitrogen and oxygen atoms in total. The normalized spacial score (nSPS) is 11.1. The summed E-state index contributed by atoms with van der Waals surface area (Å²) in [6.45, 7) is 2.02. The number of hydrogen-bond donors (Lipinski definition) is 0. The van der Waals surface area contributed by atoms with Crippen molar-refractivity contribution in [1.29, 1.82) is 0 Å². The van der Waals surface area contributed by atoms with Gasteiger partial charge in [-0.3, -0.25) is 0 Å². The molecule has 2 aromatic carbocycles. The van der Waals surface area contributed by atoms with Gasteiger partial charge in [-0.2, -0.15) is 0 Å². The van der Waals surface area contributed by atoms with Gasteiger partial charge in [0.15, 0.2) is 0 Å². The number of thioether (sulfide) groups is 1. The van der Waals surface area contributed by atoms with Crippen LogP contribution in [0.3, 0.4) is 0 Å². The van der Waals surface area contributed by atoms with Crippen LogP contribution in [-0.4, -0.2) is 6.26 Å². The molecular weight excluding hydrogens is 320 g/mol. The van der Waals surface area contributed by atoms with E-state index in [-0.39, 0.29) is 0 Å². The second-order valence-corrected chi connectivity index (χ2v) is 6.14. The van der Waals surface area contributed by atoms with Crippen molar-refractivity contribution in [3.8, 4) is 11.1 Å². The van der Waals surface area contributed by atoms with Gasteiger partial charge < -0.3 is 4.42 Å². The topological polar surface area (TPSA) is 13.1 Å². The number of aryl methyl sites for hydroxylation is 1. The molecule has 1 aromatic heterocycles. The third-order valence-electron chi connectivity index (χ3n) is 3.19. The Labute approximate surface area is 125 Å². The predicted octanol–water partition coefficient (Wildman–Crippen LogP) is 5.89. The summed E-state index contributed by atoms with van der Waals surface area (Å²) in [4.78, 5) is 1.23. The first-order valence-electron chi connectivity index (χ1n) is 6.02. The molecule has 0 radical (unpaired) electrons. The molecule has 0 atom stereocenters. The molecule has 0 N–H and O–H groups in total. The van der Waals surface area contributed by atoms with Crippen LogP contribution in [0.5, 0.6) is 0 Å². The van der Waals surface area contributed by atoms with Crippen LogP contribution in [-0.2, 0) is 0 Å². The second kappa shape index (κ2) is 5.06. The number of rotatable bonds is 2. The van der Waals surface area contributed by atoms with E-state index in [1.165, 1.54) is 21.4 Å². The first-order chi connectivity index (χ1) is 9.19. The molecule has 0 unspecified atom stereocenters. The Morgan fingerprint density at radius 2 is 1.68 bits per heavy atom. The fourth-order valence-corrected chi connectivity index (χ4v) is 3.25. The number of furan rings is 1. The van der Waals surface area contributed by atoms with E-state index in [4.69, 9.17) is 4.42 Å². The summed E-state index contributed by atoms with van der Waals surface area (Å²) in [5, 5.41) is 1.20. The maximum Gasteiger partial charge on any atom is 0.135 e. The minimum atomic E-state index is 0.961. The van der Waals surface area contributed by atoms with E-state index in [1.54, 1.807) is 11.8 Å². The molecule has 3 aromatic rings. The molecule has 0 aliphatic heterocycles. The van der Waals surface area contributed by atoms with E-state index in [9.17, 15) is 0 Å². The van der Waals surface area contributed by atoms with Crippen LogP contribution in [0.4, 0.5) is 0 Å². The number of hydrogen-bond acceptors (Lipinski definition) is 2. The van der Waals surface area contributed by atoms with Crippen molar-refractivity contribution in [2.24, 2.45) is 0 Å². The average Bonchev–Trinajstić information content (AvgIpc) is 2.74. The lowest BCUT2D eigenvalue weighted by Crippen LogP contribution is -1.78. The van der Waals surface area contributed by atoms with Gasteiger partial charge in [0.25, 0.3) is 0 Å². The third-order valence-corrected chi connectivity index (χ3v) is 4.63. The van der Waals surface area contributed by atoms with E-state index >= 15 is 0 Å². The summed E-state index contributed by atoms with van der Waals surface area (Å²) < 4.78 is 6.87. The van der Waals surface area contributed by atoms with Crippen molar-refractivity contribution < 1.29 is 4.42 Å². The molecule has 96 valence electrons. The molecule has 0 amide bonds. The molecule has 19 heavy (non-hydrogen) atoms. The van der Waals surface area contributed by atoms with Crippen molar-refractivity contribution in [3.05, 3.63) is 52.7 Å². The van der Waals surface area contributed by atoms with Crippen LogP contribution in [0.1, 0.15) is 5.76 Å². The number of halogens is 1. The quantitative estimate of drug-likeness (QED) is 0.542. The molecule has 1 heterocycles. The highest BCUT2D eigenvalue weighted by Gasteiger charge is 2.10. The first-order valence-corrected chi connectivity index (χ1v) is 8.04. The number of fused-ring (bicyclic) bond motifs is 1. The molecule has 0 aliphatic rings. The van der Waals surface area contributed by atoms with Crippen molar-refractivity contribution in [2.75, 3.05) is 6.26 Å². The summed E-state index contributed by atoms with van der Waals surface area (Å²) in [5.74, 6) is 0.996. The van der Waals surface area contributed by atoms with Gasteiger partial charge in [0, 0.05) is 9.86 Å². The fourth-order valence-electron chi connectivity index (χ4n) is 2.27. The van der Waals surface area contributed by atoms with Gasteiger partial charge in [-0.05, 0) is 48.6 Å². The molecule has 0 fully saturated rings. The van der Waals surface area contributed by atoms with Gasteiger partial charge in [-0.25, -0.2) is 0 Å².